The molecule has 7 nitrogen and oxygen atoms in total. The standard InChI is InChI=1S/C19H19N5O2/c1-13-18(19(25)24(23-13)14-7-3-2-4-8-14)22-21-17-10-6-5-9-16(17)20-11-15-12-26-15/h2-10,15,18,20H,11-12H2,1H3. The molecule has 0 aliphatic carbocycles. The van der Waals surface area contributed by atoms with E-state index in [4.69, 9.17) is 4.74 Å². The van der Waals surface area contributed by atoms with Crippen molar-refractivity contribution in [3.8, 4) is 0 Å². The maximum atomic E-state index is 12.7. The zero-order chi connectivity index (χ0) is 17.9. The predicted octanol–water partition coefficient (Wildman–Crippen LogP) is 3.37. The quantitative estimate of drug-likeness (QED) is 0.641. The Morgan fingerprint density at radius 2 is 1.92 bits per heavy atom. The molecule has 2 aliphatic heterocycles. The van der Waals surface area contributed by atoms with E-state index in [1.807, 2.05) is 54.6 Å². The second-order valence-corrected chi connectivity index (χ2v) is 6.20. The number of anilines is 2. The summed E-state index contributed by atoms with van der Waals surface area (Å²) >= 11 is 0. The predicted molar refractivity (Wildman–Crippen MR) is 100 cm³/mol. The van der Waals surface area contributed by atoms with Crippen molar-refractivity contribution in [2.45, 2.75) is 19.1 Å². The van der Waals surface area contributed by atoms with E-state index < -0.39 is 6.04 Å². The van der Waals surface area contributed by atoms with Gasteiger partial charge in [-0.05, 0) is 31.2 Å². The van der Waals surface area contributed by atoms with Crippen LogP contribution in [0.2, 0.25) is 0 Å². The molecule has 2 aromatic rings. The summed E-state index contributed by atoms with van der Waals surface area (Å²) in [5, 5.41) is 17.6. The van der Waals surface area contributed by atoms with Crippen molar-refractivity contribution in [2.75, 3.05) is 23.5 Å². The molecule has 26 heavy (non-hydrogen) atoms. The molecular formula is C19H19N5O2. The van der Waals surface area contributed by atoms with E-state index in [1.165, 1.54) is 5.01 Å². The number of carbonyl (C=O) groups excluding carboxylic acids is 1. The van der Waals surface area contributed by atoms with Crippen LogP contribution in [0.4, 0.5) is 17.1 Å². The largest absolute Gasteiger partial charge is 0.381 e. The lowest BCUT2D eigenvalue weighted by Crippen LogP contribution is -2.29. The number of ether oxygens (including phenoxy) is 1. The first kappa shape index (κ1) is 16.4. The fraction of sp³-hybridized carbons (Fsp3) is 0.263. The van der Waals surface area contributed by atoms with E-state index in [2.05, 4.69) is 20.6 Å². The summed E-state index contributed by atoms with van der Waals surface area (Å²) in [4.78, 5) is 12.7. The topological polar surface area (TPSA) is 82.0 Å². The summed E-state index contributed by atoms with van der Waals surface area (Å²) in [6.07, 6.45) is 0.269. The van der Waals surface area contributed by atoms with Gasteiger partial charge in [-0.15, -0.1) is 0 Å². The third-order valence-corrected chi connectivity index (χ3v) is 4.20. The third kappa shape index (κ3) is 3.48. The lowest BCUT2D eigenvalue weighted by Gasteiger charge is -2.12. The fourth-order valence-electron chi connectivity index (χ4n) is 2.68. The number of para-hydroxylation sites is 2. The third-order valence-electron chi connectivity index (χ3n) is 4.20. The van der Waals surface area contributed by atoms with Gasteiger partial charge >= 0.3 is 0 Å². The molecule has 132 valence electrons. The summed E-state index contributed by atoms with van der Waals surface area (Å²) in [7, 11) is 0. The van der Waals surface area contributed by atoms with E-state index in [1.54, 1.807) is 6.92 Å². The highest BCUT2D eigenvalue weighted by Crippen LogP contribution is 2.27. The van der Waals surface area contributed by atoms with Crippen molar-refractivity contribution in [1.29, 1.82) is 0 Å². The molecule has 2 heterocycles. The number of nitrogens with zero attached hydrogens (tertiary/aromatic N) is 4. The van der Waals surface area contributed by atoms with Crippen LogP contribution in [0.1, 0.15) is 6.92 Å². The van der Waals surface area contributed by atoms with E-state index >= 15 is 0 Å². The van der Waals surface area contributed by atoms with Crippen molar-refractivity contribution in [1.82, 2.24) is 0 Å². The van der Waals surface area contributed by atoms with Crippen LogP contribution >= 0.6 is 0 Å². The summed E-state index contributed by atoms with van der Waals surface area (Å²) < 4.78 is 5.21. The van der Waals surface area contributed by atoms with Crippen molar-refractivity contribution >= 4 is 28.7 Å². The van der Waals surface area contributed by atoms with Gasteiger partial charge in [-0.2, -0.15) is 20.3 Å². The Morgan fingerprint density at radius 3 is 2.69 bits per heavy atom. The molecule has 1 N–H and O–H groups in total. The minimum absolute atomic E-state index is 0.200. The molecule has 1 fully saturated rings. The van der Waals surface area contributed by atoms with Gasteiger partial charge < -0.3 is 10.1 Å². The minimum Gasteiger partial charge on any atom is -0.381 e. The SMILES string of the molecule is CC1=NN(c2ccccc2)C(=O)C1N=Nc1ccccc1NCC1CO1. The van der Waals surface area contributed by atoms with Crippen LogP contribution in [-0.2, 0) is 9.53 Å². The average molecular weight is 349 g/mol. The highest BCUT2D eigenvalue weighted by molar-refractivity contribution is 6.18. The lowest BCUT2D eigenvalue weighted by atomic mass is 10.2. The van der Waals surface area contributed by atoms with Crippen molar-refractivity contribution < 1.29 is 9.53 Å². The number of nitrogens with one attached hydrogen (secondary N) is 1. The maximum absolute atomic E-state index is 12.7. The number of hydrogen-bond acceptors (Lipinski definition) is 6. The Morgan fingerprint density at radius 1 is 1.19 bits per heavy atom. The molecule has 0 radical (unpaired) electrons. The molecule has 2 atom stereocenters. The van der Waals surface area contributed by atoms with Gasteiger partial charge in [0, 0.05) is 6.54 Å². The molecule has 0 bridgehead atoms. The number of hydrazone groups is 1. The molecule has 2 aliphatic rings. The molecule has 0 spiro atoms. The average Bonchev–Trinajstić information content (AvgIpc) is 3.45. The van der Waals surface area contributed by atoms with Crippen molar-refractivity contribution in [3.63, 3.8) is 0 Å². The van der Waals surface area contributed by atoms with Gasteiger partial charge in [-0.1, -0.05) is 30.3 Å². The Labute approximate surface area is 151 Å². The molecule has 0 aromatic heterocycles. The fourth-order valence-corrected chi connectivity index (χ4v) is 2.68. The zero-order valence-corrected chi connectivity index (χ0v) is 14.4. The van der Waals surface area contributed by atoms with E-state index in [9.17, 15) is 4.79 Å². The van der Waals surface area contributed by atoms with Crippen molar-refractivity contribution in [3.05, 3.63) is 54.6 Å². The van der Waals surface area contributed by atoms with Gasteiger partial charge in [-0.3, -0.25) is 4.79 Å². The van der Waals surface area contributed by atoms with Gasteiger partial charge in [-0.25, -0.2) is 0 Å². The summed E-state index contributed by atoms with van der Waals surface area (Å²) in [6, 6.07) is 16.2. The molecule has 2 unspecified atom stereocenters. The zero-order valence-electron chi connectivity index (χ0n) is 14.4. The molecule has 1 saturated heterocycles. The number of epoxide rings is 1. The molecule has 4 rings (SSSR count). The first-order valence-corrected chi connectivity index (χ1v) is 8.52. The first-order chi connectivity index (χ1) is 12.7. The number of azo groups is 1. The van der Waals surface area contributed by atoms with Crippen LogP contribution in [0.25, 0.3) is 0 Å². The summed E-state index contributed by atoms with van der Waals surface area (Å²) in [5.74, 6) is -0.200. The van der Waals surface area contributed by atoms with Crippen LogP contribution in [0.5, 0.6) is 0 Å². The minimum atomic E-state index is -0.699. The van der Waals surface area contributed by atoms with E-state index in [0.29, 0.717) is 11.4 Å². The van der Waals surface area contributed by atoms with Crippen molar-refractivity contribution in [2.24, 2.45) is 15.3 Å². The lowest BCUT2D eigenvalue weighted by molar-refractivity contribution is -0.117. The van der Waals surface area contributed by atoms with Crippen LogP contribution in [0, 0.1) is 0 Å². The van der Waals surface area contributed by atoms with Crippen LogP contribution in [0.3, 0.4) is 0 Å². The summed E-state index contributed by atoms with van der Waals surface area (Å²) in [6.45, 7) is 3.31. The number of hydrogen-bond donors (Lipinski definition) is 1. The van der Waals surface area contributed by atoms with Gasteiger partial charge in [0.25, 0.3) is 5.91 Å². The number of amides is 1. The number of rotatable bonds is 6. The van der Waals surface area contributed by atoms with Crippen LogP contribution in [-0.4, -0.2) is 36.9 Å². The second kappa shape index (κ2) is 7.05. The normalized spacial score (nSPS) is 22.0. The maximum Gasteiger partial charge on any atom is 0.280 e. The van der Waals surface area contributed by atoms with Crippen LogP contribution < -0.4 is 10.3 Å². The van der Waals surface area contributed by atoms with Gasteiger partial charge in [0.05, 0.1) is 29.8 Å². The monoisotopic (exact) mass is 349 g/mol. The second-order valence-electron chi connectivity index (χ2n) is 6.20. The number of carbonyl (C=O) groups is 1. The highest BCUT2D eigenvalue weighted by Gasteiger charge is 2.34. The van der Waals surface area contributed by atoms with Gasteiger partial charge in [0.15, 0.2) is 6.04 Å². The molecule has 2 aromatic carbocycles. The molecule has 0 saturated carbocycles. The Kier molecular flexibility index (Phi) is 4.45. The van der Waals surface area contributed by atoms with Crippen LogP contribution in [0.15, 0.2) is 69.9 Å². The Bertz CT molecular complexity index is 861. The van der Waals surface area contributed by atoms with Gasteiger partial charge in [0.1, 0.15) is 5.69 Å². The van der Waals surface area contributed by atoms with E-state index in [0.717, 1.165) is 24.5 Å². The highest BCUT2D eigenvalue weighted by atomic mass is 16.6. The summed E-state index contributed by atoms with van der Waals surface area (Å²) in [5.41, 5.74) is 2.90. The Hall–Kier alpha value is -3.06. The number of benzene rings is 2. The smallest absolute Gasteiger partial charge is 0.280 e. The van der Waals surface area contributed by atoms with Gasteiger partial charge in [0.2, 0.25) is 0 Å². The molecular weight excluding hydrogens is 330 g/mol. The first-order valence-electron chi connectivity index (χ1n) is 8.52. The van der Waals surface area contributed by atoms with E-state index in [-0.39, 0.29) is 12.0 Å². The Balaban J connectivity index is 1.50. The molecule has 7 heteroatoms. The molecule has 1 amide bonds.